The lowest BCUT2D eigenvalue weighted by molar-refractivity contribution is -0.118. The van der Waals surface area contributed by atoms with Crippen LogP contribution in [-0.4, -0.2) is 38.3 Å². The second-order valence-corrected chi connectivity index (χ2v) is 6.90. The summed E-state index contributed by atoms with van der Waals surface area (Å²) in [7, 11) is 0. The molecule has 142 valence electrons. The van der Waals surface area contributed by atoms with Crippen LogP contribution in [0.5, 0.6) is 0 Å². The minimum Gasteiger partial charge on any atom is -0.370 e. The van der Waals surface area contributed by atoms with E-state index in [0.717, 1.165) is 43.0 Å². The summed E-state index contributed by atoms with van der Waals surface area (Å²) in [4.78, 5) is 16.1. The zero-order valence-corrected chi connectivity index (χ0v) is 15.8. The summed E-state index contributed by atoms with van der Waals surface area (Å²) in [6.07, 6.45) is 1.13. The second-order valence-electron chi connectivity index (χ2n) is 6.90. The summed E-state index contributed by atoms with van der Waals surface area (Å²) in [6, 6.07) is 16.9. The van der Waals surface area contributed by atoms with Crippen molar-refractivity contribution in [3.05, 3.63) is 54.1 Å². The first-order chi connectivity index (χ1) is 13.1. The van der Waals surface area contributed by atoms with E-state index in [9.17, 15) is 4.79 Å². The van der Waals surface area contributed by atoms with Gasteiger partial charge in [-0.1, -0.05) is 18.2 Å². The van der Waals surface area contributed by atoms with Crippen molar-refractivity contribution < 1.29 is 4.79 Å². The van der Waals surface area contributed by atoms with E-state index in [-0.39, 0.29) is 11.9 Å². The molecule has 2 aromatic rings. The van der Waals surface area contributed by atoms with E-state index in [1.54, 1.807) is 0 Å². The molecule has 1 atom stereocenters. The molecule has 2 aromatic carbocycles. The highest BCUT2D eigenvalue weighted by Crippen LogP contribution is 2.29. The number of primary amides is 1. The number of carbonyl (C=O) groups is 1. The first-order valence-electron chi connectivity index (χ1n) is 9.26. The molecule has 27 heavy (non-hydrogen) atoms. The van der Waals surface area contributed by atoms with Crippen LogP contribution in [0, 0.1) is 6.92 Å². The summed E-state index contributed by atoms with van der Waals surface area (Å²) in [5.74, 6) is -0.250. The number of para-hydroxylation sites is 1. The number of nitrogens with one attached hydrogen (secondary N) is 1. The molecule has 0 spiro atoms. The van der Waals surface area contributed by atoms with Crippen LogP contribution in [0.15, 0.2) is 53.6 Å². The lowest BCUT2D eigenvalue weighted by atomic mass is 10.0. The fourth-order valence-corrected chi connectivity index (χ4v) is 3.66. The van der Waals surface area contributed by atoms with E-state index >= 15 is 0 Å². The predicted octanol–water partition coefficient (Wildman–Crippen LogP) is 2.98. The van der Waals surface area contributed by atoms with Crippen molar-refractivity contribution in [1.29, 1.82) is 0 Å². The lowest BCUT2D eigenvalue weighted by Gasteiger charge is -2.44. The topological polar surface area (TPSA) is 74.0 Å². The van der Waals surface area contributed by atoms with Gasteiger partial charge in [0.25, 0.3) is 0 Å². The van der Waals surface area contributed by atoms with Gasteiger partial charge in [-0.25, -0.2) is 0 Å². The molecule has 1 heterocycles. The molecular weight excluding hydrogens is 338 g/mol. The van der Waals surface area contributed by atoms with Gasteiger partial charge in [0, 0.05) is 50.2 Å². The number of benzene rings is 2. The Hall–Kier alpha value is -3.02. The molecule has 1 fully saturated rings. The summed E-state index contributed by atoms with van der Waals surface area (Å²) in [5, 5.41) is 3.74. The Bertz CT molecular complexity index is 792. The molecule has 0 aromatic heterocycles. The molecule has 0 bridgehead atoms. The van der Waals surface area contributed by atoms with Gasteiger partial charge in [0.05, 0.1) is 5.69 Å². The summed E-state index contributed by atoms with van der Waals surface area (Å²) in [5.41, 5.74) is 12.8. The number of rotatable bonds is 7. The third-order valence-corrected chi connectivity index (χ3v) is 5.07. The summed E-state index contributed by atoms with van der Waals surface area (Å²) < 4.78 is 0. The number of hydrogen-bond acceptors (Lipinski definition) is 5. The standard InChI is InChI=1S/C21H27N5O/c1-16-14-18(8-10-20(16)24-23-2)26-13-12-25(17-6-4-3-5-7-17)15-19(26)9-11-21(22)27/h3-8,10,14,19,24H,2,9,11-13,15H2,1H3,(H2,22,27). The molecule has 1 aliphatic heterocycles. The van der Waals surface area contributed by atoms with Crippen molar-refractivity contribution in [2.75, 3.05) is 34.9 Å². The van der Waals surface area contributed by atoms with Crippen LogP contribution >= 0.6 is 0 Å². The van der Waals surface area contributed by atoms with Gasteiger partial charge in [0.1, 0.15) is 0 Å². The fraction of sp³-hybridized carbons (Fsp3) is 0.333. The SMILES string of the molecule is C=NNc1ccc(N2CCN(c3ccccc3)CC2CCC(N)=O)cc1C. The fourth-order valence-electron chi connectivity index (χ4n) is 3.66. The van der Waals surface area contributed by atoms with E-state index in [1.807, 2.05) is 12.1 Å². The van der Waals surface area contributed by atoms with Crippen molar-refractivity contribution in [2.24, 2.45) is 10.8 Å². The van der Waals surface area contributed by atoms with Crippen LogP contribution < -0.4 is 21.0 Å². The van der Waals surface area contributed by atoms with Gasteiger partial charge in [0.2, 0.25) is 5.91 Å². The number of carbonyl (C=O) groups excluding carboxylic acids is 1. The van der Waals surface area contributed by atoms with Crippen molar-refractivity contribution in [1.82, 2.24) is 0 Å². The maximum absolute atomic E-state index is 11.4. The molecular formula is C21H27N5O. The molecule has 0 aliphatic carbocycles. The number of hydrogen-bond donors (Lipinski definition) is 2. The van der Waals surface area contributed by atoms with Gasteiger partial charge in [-0.2, -0.15) is 5.10 Å². The maximum Gasteiger partial charge on any atom is 0.217 e. The number of aryl methyl sites for hydroxylation is 1. The Kier molecular flexibility index (Phi) is 5.96. The molecule has 0 radical (unpaired) electrons. The minimum absolute atomic E-state index is 0.224. The zero-order chi connectivity index (χ0) is 19.2. The van der Waals surface area contributed by atoms with Crippen molar-refractivity contribution in [2.45, 2.75) is 25.8 Å². The van der Waals surface area contributed by atoms with E-state index in [4.69, 9.17) is 5.73 Å². The zero-order valence-electron chi connectivity index (χ0n) is 15.8. The van der Waals surface area contributed by atoms with E-state index < -0.39 is 0 Å². The van der Waals surface area contributed by atoms with Crippen molar-refractivity contribution in [3.8, 4) is 0 Å². The van der Waals surface area contributed by atoms with Crippen LogP contribution in [0.4, 0.5) is 17.1 Å². The van der Waals surface area contributed by atoms with Crippen molar-refractivity contribution in [3.63, 3.8) is 0 Å². The average Bonchev–Trinajstić information content (AvgIpc) is 2.68. The Balaban J connectivity index is 1.81. The second kappa shape index (κ2) is 8.58. The molecule has 0 saturated carbocycles. The van der Waals surface area contributed by atoms with Gasteiger partial charge >= 0.3 is 0 Å². The Morgan fingerprint density at radius 2 is 2.00 bits per heavy atom. The van der Waals surface area contributed by atoms with Gasteiger partial charge in [0.15, 0.2) is 0 Å². The highest BCUT2D eigenvalue weighted by atomic mass is 16.1. The summed E-state index contributed by atoms with van der Waals surface area (Å²) >= 11 is 0. The highest BCUT2D eigenvalue weighted by Gasteiger charge is 2.27. The average molecular weight is 365 g/mol. The molecule has 3 rings (SSSR count). The Labute approximate surface area is 160 Å². The van der Waals surface area contributed by atoms with E-state index in [2.05, 4.69) is 70.4 Å². The highest BCUT2D eigenvalue weighted by molar-refractivity contribution is 5.74. The number of anilines is 3. The first-order valence-corrected chi connectivity index (χ1v) is 9.26. The normalized spacial score (nSPS) is 16.9. The largest absolute Gasteiger partial charge is 0.370 e. The van der Waals surface area contributed by atoms with Crippen LogP contribution in [-0.2, 0) is 4.79 Å². The van der Waals surface area contributed by atoms with Crippen LogP contribution in [0.1, 0.15) is 18.4 Å². The molecule has 1 unspecified atom stereocenters. The maximum atomic E-state index is 11.4. The quantitative estimate of drug-likeness (QED) is 0.584. The number of nitrogens with zero attached hydrogens (tertiary/aromatic N) is 3. The Morgan fingerprint density at radius 1 is 1.22 bits per heavy atom. The molecule has 1 amide bonds. The lowest BCUT2D eigenvalue weighted by Crippen LogP contribution is -2.53. The number of hydrazone groups is 1. The summed E-state index contributed by atoms with van der Waals surface area (Å²) in [6.45, 7) is 8.22. The van der Waals surface area contributed by atoms with E-state index in [0.29, 0.717) is 6.42 Å². The predicted molar refractivity (Wildman–Crippen MR) is 113 cm³/mol. The molecule has 3 N–H and O–H groups in total. The Morgan fingerprint density at radius 3 is 2.67 bits per heavy atom. The van der Waals surface area contributed by atoms with Crippen LogP contribution in [0.2, 0.25) is 0 Å². The van der Waals surface area contributed by atoms with E-state index in [1.165, 1.54) is 5.69 Å². The number of amides is 1. The third kappa shape index (κ3) is 4.58. The third-order valence-electron chi connectivity index (χ3n) is 5.07. The number of nitrogens with two attached hydrogens (primary N) is 1. The van der Waals surface area contributed by atoms with Gasteiger partial charge < -0.3 is 15.5 Å². The molecule has 6 nitrogen and oxygen atoms in total. The van der Waals surface area contributed by atoms with Crippen molar-refractivity contribution >= 4 is 29.7 Å². The van der Waals surface area contributed by atoms with Gasteiger partial charge in [-0.3, -0.25) is 10.2 Å². The first kappa shape index (κ1) is 18.8. The smallest absolute Gasteiger partial charge is 0.217 e. The van der Waals surface area contributed by atoms with Gasteiger partial charge in [-0.05, 0) is 49.2 Å². The monoisotopic (exact) mass is 365 g/mol. The number of piperazine rings is 1. The van der Waals surface area contributed by atoms with Crippen LogP contribution in [0.25, 0.3) is 0 Å². The van der Waals surface area contributed by atoms with Gasteiger partial charge in [-0.15, -0.1) is 0 Å². The van der Waals surface area contributed by atoms with Crippen LogP contribution in [0.3, 0.4) is 0 Å². The molecule has 6 heteroatoms. The molecule has 1 saturated heterocycles. The minimum atomic E-state index is -0.250. The molecule has 1 aliphatic rings.